The molecule has 6 heteroatoms. The summed E-state index contributed by atoms with van der Waals surface area (Å²) < 4.78 is 0. The molecule has 5 nitrogen and oxygen atoms in total. The van der Waals surface area contributed by atoms with Gasteiger partial charge in [-0.15, -0.1) is 10.2 Å². The molecule has 1 saturated heterocycles. The topological polar surface area (TPSA) is 52.5 Å². The molecule has 0 bridgehead atoms. The van der Waals surface area contributed by atoms with Gasteiger partial charge in [0, 0.05) is 38.6 Å². The van der Waals surface area contributed by atoms with E-state index in [4.69, 9.17) is 0 Å². The molecular weight excluding hydrogens is 260 g/mol. The number of hydrogen-bond donors (Lipinski definition) is 1. The lowest BCUT2D eigenvalue weighted by Crippen LogP contribution is -2.28. The molecule has 2 rings (SSSR count). The van der Waals surface area contributed by atoms with Gasteiger partial charge < -0.3 is 14.9 Å². The second kappa shape index (κ2) is 6.63. The highest BCUT2D eigenvalue weighted by molar-refractivity contribution is 7.15. The second-order valence-corrected chi connectivity index (χ2v) is 6.64. The summed E-state index contributed by atoms with van der Waals surface area (Å²) >= 11 is 1.70. The Morgan fingerprint density at radius 2 is 2.05 bits per heavy atom. The lowest BCUT2D eigenvalue weighted by molar-refractivity contribution is 0.185. The highest BCUT2D eigenvalue weighted by atomic mass is 32.1. The first-order valence-corrected chi connectivity index (χ1v) is 7.78. The molecule has 1 aliphatic heterocycles. The third kappa shape index (κ3) is 3.64. The van der Waals surface area contributed by atoms with E-state index in [9.17, 15) is 5.11 Å². The summed E-state index contributed by atoms with van der Waals surface area (Å²) in [5, 5.41) is 20.2. The second-order valence-electron chi connectivity index (χ2n) is 5.60. The van der Waals surface area contributed by atoms with Crippen molar-refractivity contribution < 1.29 is 5.11 Å². The van der Waals surface area contributed by atoms with Crippen LogP contribution in [0.4, 0.5) is 5.13 Å². The fourth-order valence-corrected chi connectivity index (χ4v) is 3.62. The van der Waals surface area contributed by atoms with E-state index in [-0.39, 0.29) is 6.61 Å². The fourth-order valence-electron chi connectivity index (χ4n) is 2.67. The Kier molecular flexibility index (Phi) is 5.13. The zero-order chi connectivity index (χ0) is 13.8. The Morgan fingerprint density at radius 3 is 2.68 bits per heavy atom. The zero-order valence-corrected chi connectivity index (χ0v) is 12.9. The van der Waals surface area contributed by atoms with Gasteiger partial charge in [0.1, 0.15) is 5.01 Å². The maximum absolute atomic E-state index is 9.53. The minimum Gasteiger partial charge on any atom is -0.396 e. The Labute approximate surface area is 119 Å². The number of hydrogen-bond acceptors (Lipinski definition) is 6. The van der Waals surface area contributed by atoms with Crippen molar-refractivity contribution in [3.63, 3.8) is 0 Å². The fraction of sp³-hybridized carbons (Fsp3) is 0.846. The van der Waals surface area contributed by atoms with Crippen LogP contribution in [0.2, 0.25) is 0 Å². The van der Waals surface area contributed by atoms with Gasteiger partial charge in [-0.1, -0.05) is 18.3 Å². The van der Waals surface area contributed by atoms with Crippen LogP contribution in [0.15, 0.2) is 0 Å². The van der Waals surface area contributed by atoms with Gasteiger partial charge in [0.15, 0.2) is 0 Å². The summed E-state index contributed by atoms with van der Waals surface area (Å²) in [4.78, 5) is 4.48. The average Bonchev–Trinajstić information content (AvgIpc) is 2.95. The van der Waals surface area contributed by atoms with Crippen LogP contribution in [-0.4, -0.2) is 60.5 Å². The third-order valence-corrected chi connectivity index (χ3v) is 4.65. The zero-order valence-electron chi connectivity index (χ0n) is 12.0. The number of nitrogens with zero attached hydrogens (tertiary/aromatic N) is 4. The molecule has 1 aliphatic rings. The molecule has 1 aromatic rings. The minimum atomic E-state index is 0.260. The quantitative estimate of drug-likeness (QED) is 0.848. The van der Waals surface area contributed by atoms with Crippen molar-refractivity contribution in [3.8, 4) is 0 Å². The van der Waals surface area contributed by atoms with Crippen LogP contribution >= 0.6 is 11.3 Å². The van der Waals surface area contributed by atoms with Crippen LogP contribution < -0.4 is 4.90 Å². The summed E-state index contributed by atoms with van der Waals surface area (Å²) in [7, 11) is 4.17. The van der Waals surface area contributed by atoms with Crippen molar-refractivity contribution in [1.29, 1.82) is 0 Å². The number of rotatable bonds is 6. The van der Waals surface area contributed by atoms with Crippen LogP contribution in [-0.2, 0) is 6.42 Å². The number of aryl methyl sites for hydroxylation is 1. The van der Waals surface area contributed by atoms with E-state index in [2.05, 4.69) is 41.0 Å². The molecule has 108 valence electrons. The predicted molar refractivity (Wildman–Crippen MR) is 78.7 cm³/mol. The normalized spacial score (nSPS) is 23.5. The first kappa shape index (κ1) is 14.7. The van der Waals surface area contributed by atoms with Crippen LogP contribution in [0.5, 0.6) is 0 Å². The molecule has 2 heterocycles. The molecule has 1 aromatic heterocycles. The highest BCUT2D eigenvalue weighted by Gasteiger charge is 2.34. The standard InChI is InChI=1S/C13H24N4OS/c1-4-5-12-14-15-13(19-12)17-7-10(6-16(2)3)11(8-17)9-18/h10-11,18H,4-9H2,1-3H3/t10-,11-/m1/s1. The van der Waals surface area contributed by atoms with E-state index in [0.717, 1.165) is 42.6 Å². The van der Waals surface area contributed by atoms with E-state index >= 15 is 0 Å². The molecule has 0 saturated carbocycles. The van der Waals surface area contributed by atoms with Gasteiger partial charge in [0.2, 0.25) is 5.13 Å². The van der Waals surface area contributed by atoms with Gasteiger partial charge in [0.25, 0.3) is 0 Å². The molecule has 1 fully saturated rings. The van der Waals surface area contributed by atoms with E-state index in [0.29, 0.717) is 11.8 Å². The van der Waals surface area contributed by atoms with Crippen molar-refractivity contribution >= 4 is 16.5 Å². The SMILES string of the molecule is CCCc1nnc(N2C[C@@H](CN(C)C)[C@@H](CO)C2)s1. The molecule has 0 unspecified atom stereocenters. The van der Waals surface area contributed by atoms with Gasteiger partial charge >= 0.3 is 0 Å². The number of aliphatic hydroxyl groups is 1. The van der Waals surface area contributed by atoms with E-state index in [1.165, 1.54) is 0 Å². The van der Waals surface area contributed by atoms with Gasteiger partial charge in [-0.3, -0.25) is 0 Å². The molecule has 1 N–H and O–H groups in total. The average molecular weight is 284 g/mol. The molecule has 0 radical (unpaired) electrons. The summed E-state index contributed by atoms with van der Waals surface area (Å²) in [5.74, 6) is 0.861. The van der Waals surface area contributed by atoms with Crippen molar-refractivity contribution in [2.24, 2.45) is 11.8 Å². The Bertz CT molecular complexity index is 396. The van der Waals surface area contributed by atoms with Gasteiger partial charge in [0.05, 0.1) is 0 Å². The Morgan fingerprint density at radius 1 is 1.32 bits per heavy atom. The lowest BCUT2D eigenvalue weighted by Gasteiger charge is -2.19. The van der Waals surface area contributed by atoms with Crippen molar-refractivity contribution in [3.05, 3.63) is 5.01 Å². The van der Waals surface area contributed by atoms with Crippen molar-refractivity contribution in [1.82, 2.24) is 15.1 Å². The summed E-state index contributed by atoms with van der Waals surface area (Å²) in [6.45, 7) is 5.31. The highest BCUT2D eigenvalue weighted by Crippen LogP contribution is 2.30. The van der Waals surface area contributed by atoms with Crippen molar-refractivity contribution in [2.45, 2.75) is 19.8 Å². The Balaban J connectivity index is 2.01. The van der Waals surface area contributed by atoms with Crippen LogP contribution in [0.3, 0.4) is 0 Å². The molecule has 2 atom stereocenters. The summed E-state index contributed by atoms with van der Waals surface area (Å²) in [6.07, 6.45) is 2.12. The smallest absolute Gasteiger partial charge is 0.208 e. The molecule has 0 aromatic carbocycles. The van der Waals surface area contributed by atoms with Crippen LogP contribution in [0.25, 0.3) is 0 Å². The summed E-state index contributed by atoms with van der Waals surface area (Å²) in [5.41, 5.74) is 0. The van der Waals surface area contributed by atoms with Crippen LogP contribution in [0.1, 0.15) is 18.4 Å². The minimum absolute atomic E-state index is 0.260. The maximum atomic E-state index is 9.53. The van der Waals surface area contributed by atoms with Gasteiger partial charge in [-0.05, 0) is 26.4 Å². The molecule has 0 spiro atoms. The molecular formula is C13H24N4OS. The van der Waals surface area contributed by atoms with Gasteiger partial charge in [-0.2, -0.15) is 0 Å². The third-order valence-electron chi connectivity index (χ3n) is 3.60. The van der Waals surface area contributed by atoms with Crippen molar-refractivity contribution in [2.75, 3.05) is 45.2 Å². The van der Waals surface area contributed by atoms with E-state index in [1.807, 2.05) is 0 Å². The maximum Gasteiger partial charge on any atom is 0.208 e. The lowest BCUT2D eigenvalue weighted by atomic mass is 9.97. The largest absolute Gasteiger partial charge is 0.396 e. The van der Waals surface area contributed by atoms with E-state index in [1.54, 1.807) is 11.3 Å². The van der Waals surface area contributed by atoms with E-state index < -0.39 is 0 Å². The molecule has 0 amide bonds. The molecule has 19 heavy (non-hydrogen) atoms. The van der Waals surface area contributed by atoms with Gasteiger partial charge in [-0.25, -0.2) is 0 Å². The first-order valence-electron chi connectivity index (χ1n) is 6.97. The number of anilines is 1. The monoisotopic (exact) mass is 284 g/mol. The number of aromatic nitrogens is 2. The Hall–Kier alpha value is -0.720. The first-order chi connectivity index (χ1) is 9.13. The number of aliphatic hydroxyl groups excluding tert-OH is 1. The predicted octanol–water partition coefficient (Wildman–Crippen LogP) is 1.10. The molecule has 0 aliphatic carbocycles. The summed E-state index contributed by atoms with van der Waals surface area (Å²) in [6, 6.07) is 0. The van der Waals surface area contributed by atoms with Crippen LogP contribution in [0, 0.1) is 11.8 Å².